The van der Waals surface area contributed by atoms with Crippen LogP contribution in [0.3, 0.4) is 0 Å². The fourth-order valence-corrected chi connectivity index (χ4v) is 5.37. The highest BCUT2D eigenvalue weighted by molar-refractivity contribution is 6.06. The molecule has 1 aromatic heterocycles. The molecule has 32 heavy (non-hydrogen) atoms. The Morgan fingerprint density at radius 3 is 2.78 bits per heavy atom. The van der Waals surface area contributed by atoms with E-state index in [1.165, 1.54) is 12.8 Å². The number of benzene rings is 1. The first kappa shape index (κ1) is 23.1. The van der Waals surface area contributed by atoms with Gasteiger partial charge in [0.05, 0.1) is 26.9 Å². The van der Waals surface area contributed by atoms with Crippen molar-refractivity contribution < 1.29 is 14.3 Å². The number of ether oxygens (including phenoxy) is 2. The van der Waals surface area contributed by atoms with Gasteiger partial charge in [0.1, 0.15) is 11.3 Å². The minimum Gasteiger partial charge on any atom is -0.494 e. The summed E-state index contributed by atoms with van der Waals surface area (Å²) in [6, 6.07) is 5.83. The van der Waals surface area contributed by atoms with Crippen LogP contribution < -0.4 is 10.1 Å². The molecule has 176 valence electrons. The van der Waals surface area contributed by atoms with Crippen LogP contribution in [0.5, 0.6) is 5.75 Å². The number of hydrogen-bond donors (Lipinski definition) is 1. The Morgan fingerprint density at radius 2 is 2.06 bits per heavy atom. The molecule has 1 aliphatic heterocycles. The molecule has 2 heterocycles. The number of rotatable bonds is 7. The van der Waals surface area contributed by atoms with E-state index in [9.17, 15) is 4.79 Å². The Labute approximate surface area is 191 Å². The Morgan fingerprint density at radius 1 is 1.28 bits per heavy atom. The number of para-hydroxylation sites is 1. The van der Waals surface area contributed by atoms with E-state index in [4.69, 9.17) is 14.6 Å². The first-order valence-electron chi connectivity index (χ1n) is 12.0. The first-order chi connectivity index (χ1) is 15.4. The summed E-state index contributed by atoms with van der Waals surface area (Å²) < 4.78 is 13.0. The van der Waals surface area contributed by atoms with Crippen LogP contribution in [-0.2, 0) is 11.3 Å². The van der Waals surface area contributed by atoms with Crippen molar-refractivity contribution in [3.63, 3.8) is 0 Å². The molecule has 0 bridgehead atoms. The van der Waals surface area contributed by atoms with E-state index >= 15 is 0 Å². The summed E-state index contributed by atoms with van der Waals surface area (Å²) in [6.07, 6.45) is 3.59. The number of carbonyl (C=O) groups is 1. The minimum atomic E-state index is -0.0922. The van der Waals surface area contributed by atoms with Crippen LogP contribution in [0.4, 0.5) is 0 Å². The zero-order chi connectivity index (χ0) is 22.7. The first-order valence-corrected chi connectivity index (χ1v) is 12.0. The maximum Gasteiger partial charge on any atom is 0.272 e. The van der Waals surface area contributed by atoms with Crippen molar-refractivity contribution in [3.05, 3.63) is 23.9 Å². The monoisotopic (exact) mass is 442 g/mol. The van der Waals surface area contributed by atoms with Crippen molar-refractivity contribution in [3.8, 4) is 5.75 Å². The topological polar surface area (TPSA) is 68.6 Å². The number of hydrogen-bond acceptors (Lipinski definition) is 5. The number of fused-ring (bicyclic) bond motifs is 1. The van der Waals surface area contributed by atoms with E-state index in [0.717, 1.165) is 55.9 Å². The fraction of sp³-hybridized carbons (Fsp3) is 0.680. The molecular weight excluding hydrogens is 404 g/mol. The molecule has 1 saturated heterocycles. The molecule has 7 nitrogen and oxygen atoms in total. The molecule has 0 spiro atoms. The van der Waals surface area contributed by atoms with Gasteiger partial charge in [0, 0.05) is 31.6 Å². The van der Waals surface area contributed by atoms with Gasteiger partial charge in [-0.2, -0.15) is 5.10 Å². The van der Waals surface area contributed by atoms with Crippen LogP contribution in [0.15, 0.2) is 18.2 Å². The lowest BCUT2D eigenvalue weighted by molar-refractivity contribution is 0.0361. The second-order valence-corrected chi connectivity index (χ2v) is 10.2. The van der Waals surface area contributed by atoms with Gasteiger partial charge in [-0.15, -0.1) is 0 Å². The van der Waals surface area contributed by atoms with Crippen LogP contribution in [0.1, 0.15) is 50.5 Å². The summed E-state index contributed by atoms with van der Waals surface area (Å²) >= 11 is 0. The number of amides is 1. The highest BCUT2D eigenvalue weighted by Crippen LogP contribution is 2.41. The molecule has 1 saturated carbocycles. The second kappa shape index (κ2) is 9.79. The van der Waals surface area contributed by atoms with E-state index < -0.39 is 0 Å². The standard InChI is InChI=1S/C25H38N4O3/c1-18-16-25(2,3)9-8-19(18)17-26-24(30)22-20-6-5-7-21(31-4)23(20)29(27-22)11-10-28-12-14-32-15-13-28/h5-7,18-19H,8-17H2,1-4H3,(H,26,30)/t18-,19-/m1/s1. The van der Waals surface area contributed by atoms with Crippen LogP contribution >= 0.6 is 0 Å². The Kier molecular flexibility index (Phi) is 7.05. The molecule has 1 aromatic carbocycles. The molecule has 1 amide bonds. The lowest BCUT2D eigenvalue weighted by Crippen LogP contribution is -2.38. The van der Waals surface area contributed by atoms with Crippen molar-refractivity contribution in [2.45, 2.75) is 46.6 Å². The smallest absolute Gasteiger partial charge is 0.272 e. The van der Waals surface area contributed by atoms with Crippen molar-refractivity contribution in [1.29, 1.82) is 0 Å². The highest BCUT2D eigenvalue weighted by atomic mass is 16.5. The van der Waals surface area contributed by atoms with E-state index in [2.05, 4.69) is 31.0 Å². The van der Waals surface area contributed by atoms with Crippen molar-refractivity contribution in [1.82, 2.24) is 20.0 Å². The number of methoxy groups -OCH3 is 1. The Hall–Kier alpha value is -2.12. The third-order valence-corrected chi connectivity index (χ3v) is 7.30. The van der Waals surface area contributed by atoms with Gasteiger partial charge >= 0.3 is 0 Å². The summed E-state index contributed by atoms with van der Waals surface area (Å²) in [5, 5.41) is 8.80. The molecule has 2 aromatic rings. The maximum absolute atomic E-state index is 13.2. The average molecular weight is 443 g/mol. The lowest BCUT2D eigenvalue weighted by Gasteiger charge is -2.39. The van der Waals surface area contributed by atoms with Gasteiger partial charge in [0.2, 0.25) is 0 Å². The van der Waals surface area contributed by atoms with Gasteiger partial charge in [0.15, 0.2) is 5.69 Å². The Balaban J connectivity index is 1.49. The minimum absolute atomic E-state index is 0.0922. The van der Waals surface area contributed by atoms with Gasteiger partial charge in [-0.05, 0) is 42.6 Å². The van der Waals surface area contributed by atoms with Crippen LogP contribution in [0.2, 0.25) is 0 Å². The van der Waals surface area contributed by atoms with Gasteiger partial charge in [-0.3, -0.25) is 14.4 Å². The predicted molar refractivity (Wildman–Crippen MR) is 126 cm³/mol. The number of morpholine rings is 1. The third-order valence-electron chi connectivity index (χ3n) is 7.30. The van der Waals surface area contributed by atoms with Crippen LogP contribution in [-0.4, -0.2) is 67.1 Å². The quantitative estimate of drug-likeness (QED) is 0.710. The number of aromatic nitrogens is 2. The zero-order valence-corrected chi connectivity index (χ0v) is 20.0. The molecule has 2 atom stereocenters. The van der Waals surface area contributed by atoms with Crippen molar-refractivity contribution >= 4 is 16.8 Å². The van der Waals surface area contributed by atoms with Crippen molar-refractivity contribution in [2.24, 2.45) is 17.3 Å². The molecule has 2 fully saturated rings. The maximum atomic E-state index is 13.2. The van der Waals surface area contributed by atoms with Gasteiger partial charge in [-0.1, -0.05) is 32.9 Å². The van der Waals surface area contributed by atoms with E-state index in [0.29, 0.717) is 36.0 Å². The summed E-state index contributed by atoms with van der Waals surface area (Å²) in [4.78, 5) is 15.6. The summed E-state index contributed by atoms with van der Waals surface area (Å²) in [7, 11) is 1.67. The molecule has 7 heteroatoms. The second-order valence-electron chi connectivity index (χ2n) is 10.2. The average Bonchev–Trinajstić information content (AvgIpc) is 3.16. The largest absolute Gasteiger partial charge is 0.494 e. The lowest BCUT2D eigenvalue weighted by atomic mass is 9.68. The summed E-state index contributed by atoms with van der Waals surface area (Å²) in [5.41, 5.74) is 1.79. The van der Waals surface area contributed by atoms with E-state index in [-0.39, 0.29) is 5.91 Å². The summed E-state index contributed by atoms with van der Waals surface area (Å²) in [5.74, 6) is 1.79. The van der Waals surface area contributed by atoms with Crippen LogP contribution in [0.25, 0.3) is 10.9 Å². The van der Waals surface area contributed by atoms with Gasteiger partial charge < -0.3 is 14.8 Å². The molecule has 1 aliphatic carbocycles. The number of carbonyl (C=O) groups excluding carboxylic acids is 1. The Bertz CT molecular complexity index is 933. The molecule has 1 N–H and O–H groups in total. The molecule has 4 rings (SSSR count). The van der Waals surface area contributed by atoms with Gasteiger partial charge in [0.25, 0.3) is 5.91 Å². The van der Waals surface area contributed by atoms with E-state index in [1.54, 1.807) is 7.11 Å². The highest BCUT2D eigenvalue weighted by Gasteiger charge is 2.32. The SMILES string of the molecule is COc1cccc2c(C(=O)NC[C@H]3CCC(C)(C)C[C@H]3C)nn(CCN3CCOCC3)c12. The summed E-state index contributed by atoms with van der Waals surface area (Å²) in [6.45, 7) is 12.7. The molecule has 2 aliphatic rings. The third kappa shape index (κ3) is 5.09. The molecular formula is C25H38N4O3. The molecule has 0 unspecified atom stereocenters. The zero-order valence-electron chi connectivity index (χ0n) is 20.0. The van der Waals surface area contributed by atoms with E-state index in [1.807, 2.05) is 22.9 Å². The van der Waals surface area contributed by atoms with Crippen LogP contribution in [0, 0.1) is 17.3 Å². The van der Waals surface area contributed by atoms with Crippen molar-refractivity contribution in [2.75, 3.05) is 46.5 Å². The number of nitrogens with zero attached hydrogens (tertiary/aromatic N) is 3. The predicted octanol–water partition coefficient (Wildman–Crippen LogP) is 3.57. The molecule has 0 radical (unpaired) electrons. The van der Waals surface area contributed by atoms with Gasteiger partial charge in [-0.25, -0.2) is 0 Å². The number of nitrogens with one attached hydrogen (secondary N) is 1. The normalized spacial score (nSPS) is 23.9. The fourth-order valence-electron chi connectivity index (χ4n) is 5.37.